The number of phenols is 1. The van der Waals surface area contributed by atoms with E-state index in [0.29, 0.717) is 27.9 Å². The molecule has 1 aliphatic heterocycles. The highest BCUT2D eigenvalue weighted by Gasteiger charge is 2.65. The number of hydrogen-bond acceptors (Lipinski definition) is 2. The molecule has 1 aromatic rings. The normalized spacial score (nSPS) is 46.4. The zero-order chi connectivity index (χ0) is 19.9. The Morgan fingerprint density at radius 3 is 2.36 bits per heavy atom. The third-order valence-corrected chi connectivity index (χ3v) is 10.1. The van der Waals surface area contributed by atoms with Crippen LogP contribution in [0.4, 0.5) is 0 Å². The molecule has 28 heavy (non-hydrogen) atoms. The molecular formula is C26H38O2. The molecule has 3 unspecified atom stereocenters. The van der Waals surface area contributed by atoms with Gasteiger partial charge < -0.3 is 9.84 Å². The average molecular weight is 383 g/mol. The number of rotatable bonds is 0. The third kappa shape index (κ3) is 2.39. The molecule has 2 heteroatoms. The molecule has 1 heterocycles. The van der Waals surface area contributed by atoms with Crippen LogP contribution in [-0.2, 0) is 6.42 Å². The number of ether oxygens (including phenoxy) is 1. The summed E-state index contributed by atoms with van der Waals surface area (Å²) in [5.74, 6) is 3.55. The van der Waals surface area contributed by atoms with Crippen LogP contribution in [0.25, 0.3) is 0 Å². The van der Waals surface area contributed by atoms with Crippen molar-refractivity contribution in [1.82, 2.24) is 0 Å². The first-order valence-corrected chi connectivity index (χ1v) is 11.6. The van der Waals surface area contributed by atoms with Crippen LogP contribution >= 0.6 is 0 Å². The van der Waals surface area contributed by atoms with Crippen molar-refractivity contribution in [3.63, 3.8) is 0 Å². The van der Waals surface area contributed by atoms with Gasteiger partial charge in [0.25, 0.3) is 0 Å². The van der Waals surface area contributed by atoms with Crippen LogP contribution in [0, 0.1) is 34.0 Å². The molecule has 5 rings (SSSR count). The summed E-state index contributed by atoms with van der Waals surface area (Å²) in [6, 6.07) is 5.69. The molecular weight excluding hydrogens is 344 g/mol. The smallest absolute Gasteiger partial charge is 0.123 e. The highest BCUT2D eigenvalue weighted by Crippen LogP contribution is 2.70. The molecule has 4 aliphatic rings. The Hall–Kier alpha value is -1.18. The highest BCUT2D eigenvalue weighted by molar-refractivity contribution is 5.43. The van der Waals surface area contributed by atoms with Crippen molar-refractivity contribution in [3.8, 4) is 11.5 Å². The molecule has 1 aromatic carbocycles. The lowest BCUT2D eigenvalue weighted by Crippen LogP contribution is -2.64. The lowest BCUT2D eigenvalue weighted by molar-refractivity contribution is -0.207. The van der Waals surface area contributed by atoms with Crippen molar-refractivity contribution in [1.29, 1.82) is 0 Å². The number of fused-ring (bicyclic) bond motifs is 6. The molecule has 0 amide bonds. The Kier molecular flexibility index (Phi) is 3.83. The van der Waals surface area contributed by atoms with E-state index in [-0.39, 0.29) is 5.60 Å². The summed E-state index contributed by atoms with van der Waals surface area (Å²) in [6.45, 7) is 12.7. The van der Waals surface area contributed by atoms with Gasteiger partial charge in [-0.25, -0.2) is 0 Å². The lowest BCUT2D eigenvalue weighted by atomic mass is 9.38. The van der Waals surface area contributed by atoms with Crippen LogP contribution < -0.4 is 4.74 Å². The summed E-state index contributed by atoms with van der Waals surface area (Å²) < 4.78 is 6.69. The summed E-state index contributed by atoms with van der Waals surface area (Å²) in [6.07, 6.45) is 10.4. The van der Waals surface area contributed by atoms with E-state index in [2.05, 4.69) is 34.6 Å². The molecule has 3 saturated carbocycles. The van der Waals surface area contributed by atoms with E-state index in [9.17, 15) is 5.11 Å². The first-order chi connectivity index (χ1) is 13.1. The van der Waals surface area contributed by atoms with E-state index >= 15 is 0 Å². The minimum absolute atomic E-state index is 0.0669. The maximum absolute atomic E-state index is 10.0. The van der Waals surface area contributed by atoms with E-state index in [1.54, 1.807) is 6.07 Å². The number of benzene rings is 1. The minimum Gasteiger partial charge on any atom is -0.508 e. The third-order valence-electron chi connectivity index (χ3n) is 10.1. The highest BCUT2D eigenvalue weighted by atomic mass is 16.5. The van der Waals surface area contributed by atoms with Gasteiger partial charge in [-0.05, 0) is 104 Å². The van der Waals surface area contributed by atoms with E-state index in [0.717, 1.165) is 24.0 Å². The van der Waals surface area contributed by atoms with Gasteiger partial charge in [0, 0.05) is 5.92 Å². The van der Waals surface area contributed by atoms with Gasteiger partial charge in [0.15, 0.2) is 0 Å². The van der Waals surface area contributed by atoms with Crippen LogP contribution in [0.3, 0.4) is 0 Å². The molecule has 0 radical (unpaired) electrons. The van der Waals surface area contributed by atoms with Gasteiger partial charge in [0.2, 0.25) is 0 Å². The van der Waals surface area contributed by atoms with Crippen molar-refractivity contribution in [2.75, 3.05) is 0 Å². The van der Waals surface area contributed by atoms with E-state index in [1.807, 2.05) is 12.1 Å². The lowest BCUT2D eigenvalue weighted by Gasteiger charge is -2.68. The predicted molar refractivity (Wildman–Crippen MR) is 114 cm³/mol. The average Bonchev–Trinajstić information content (AvgIpc) is 2.59. The first-order valence-electron chi connectivity index (χ1n) is 11.6. The molecule has 3 aliphatic carbocycles. The Labute approximate surface area is 171 Å². The topological polar surface area (TPSA) is 29.5 Å². The zero-order valence-corrected chi connectivity index (χ0v) is 18.5. The summed E-state index contributed by atoms with van der Waals surface area (Å²) in [5, 5.41) is 10.0. The van der Waals surface area contributed by atoms with Gasteiger partial charge in [-0.2, -0.15) is 0 Å². The Morgan fingerprint density at radius 1 is 0.857 bits per heavy atom. The molecule has 2 nitrogen and oxygen atoms in total. The summed E-state index contributed by atoms with van der Waals surface area (Å²) in [4.78, 5) is 0. The molecule has 3 fully saturated rings. The maximum atomic E-state index is 10.0. The second-order valence-electron chi connectivity index (χ2n) is 12.0. The summed E-state index contributed by atoms with van der Waals surface area (Å²) in [5.41, 5.74) is 2.42. The Bertz CT molecular complexity index is 798. The fourth-order valence-corrected chi connectivity index (χ4v) is 8.93. The summed E-state index contributed by atoms with van der Waals surface area (Å²) >= 11 is 0. The second-order valence-corrected chi connectivity index (χ2v) is 12.0. The summed E-state index contributed by atoms with van der Waals surface area (Å²) in [7, 11) is 0. The Morgan fingerprint density at radius 2 is 1.57 bits per heavy atom. The second kappa shape index (κ2) is 5.70. The van der Waals surface area contributed by atoms with E-state index in [1.165, 1.54) is 50.5 Å². The Balaban J connectivity index is 1.56. The van der Waals surface area contributed by atoms with Crippen LogP contribution in [0.15, 0.2) is 18.2 Å². The van der Waals surface area contributed by atoms with Crippen molar-refractivity contribution < 1.29 is 9.84 Å². The molecule has 6 atom stereocenters. The van der Waals surface area contributed by atoms with E-state index in [4.69, 9.17) is 4.74 Å². The predicted octanol–water partition coefficient (Wildman–Crippen LogP) is 6.74. The molecule has 0 spiro atoms. The van der Waals surface area contributed by atoms with Gasteiger partial charge in [-0.3, -0.25) is 0 Å². The monoisotopic (exact) mass is 382 g/mol. The standard InChI is InChI=1S/C26H38O2/c1-23(2)11-6-12-24(3)20(23)9-13-25(4)21(24)10-14-26(5)22(25)16-17-15-18(27)7-8-19(17)28-26/h7-8,15,20-22,27H,6,9-14,16H2,1-5H3/t20?,21?,22?,24-,25+,26-/m0/s1. The van der Waals surface area contributed by atoms with Gasteiger partial charge >= 0.3 is 0 Å². The minimum atomic E-state index is -0.0669. The first kappa shape index (κ1) is 18.8. The maximum Gasteiger partial charge on any atom is 0.123 e. The number of phenolic OH excluding ortho intramolecular Hbond substituents is 1. The molecule has 0 aromatic heterocycles. The molecule has 0 bridgehead atoms. The van der Waals surface area contributed by atoms with Gasteiger partial charge in [0.05, 0.1) is 0 Å². The van der Waals surface area contributed by atoms with Crippen LogP contribution in [0.2, 0.25) is 0 Å². The fraction of sp³-hybridized carbons (Fsp3) is 0.769. The van der Waals surface area contributed by atoms with Crippen molar-refractivity contribution in [2.24, 2.45) is 34.0 Å². The number of hydrogen-bond donors (Lipinski definition) is 1. The quantitative estimate of drug-likeness (QED) is 0.538. The SMILES string of the molecule is CC1(C)CCC[C@@]2(C)C1CC[C@]1(C)C2CC[C@]2(C)Oc3ccc(O)cc3CC12. The van der Waals surface area contributed by atoms with Gasteiger partial charge in [-0.1, -0.05) is 34.1 Å². The fourth-order valence-electron chi connectivity index (χ4n) is 8.93. The van der Waals surface area contributed by atoms with Crippen LogP contribution in [-0.4, -0.2) is 10.7 Å². The molecule has 0 saturated heterocycles. The molecule has 1 N–H and O–H groups in total. The van der Waals surface area contributed by atoms with Crippen molar-refractivity contribution in [2.45, 2.75) is 91.6 Å². The van der Waals surface area contributed by atoms with Crippen LogP contribution in [0.5, 0.6) is 11.5 Å². The largest absolute Gasteiger partial charge is 0.508 e. The van der Waals surface area contributed by atoms with Crippen LogP contribution in [0.1, 0.15) is 85.1 Å². The van der Waals surface area contributed by atoms with E-state index < -0.39 is 0 Å². The van der Waals surface area contributed by atoms with Gasteiger partial charge in [-0.15, -0.1) is 0 Å². The zero-order valence-electron chi connectivity index (χ0n) is 18.5. The molecule has 154 valence electrons. The van der Waals surface area contributed by atoms with Crippen molar-refractivity contribution in [3.05, 3.63) is 23.8 Å². The van der Waals surface area contributed by atoms with Gasteiger partial charge in [0.1, 0.15) is 17.1 Å². The number of aromatic hydroxyl groups is 1. The van der Waals surface area contributed by atoms with Crippen molar-refractivity contribution >= 4 is 0 Å².